The van der Waals surface area contributed by atoms with Crippen LogP contribution in [0.25, 0.3) is 0 Å². The van der Waals surface area contributed by atoms with Crippen LogP contribution in [0.2, 0.25) is 0 Å². The van der Waals surface area contributed by atoms with Gasteiger partial charge in [0.25, 0.3) is 0 Å². The van der Waals surface area contributed by atoms with Gasteiger partial charge in [0.1, 0.15) is 12.6 Å². The lowest BCUT2D eigenvalue weighted by Gasteiger charge is -2.25. The Kier molecular flexibility index (Phi) is 19.4. The highest BCUT2D eigenvalue weighted by molar-refractivity contribution is 7.60. The van der Waals surface area contributed by atoms with E-state index in [9.17, 15) is 14.0 Å². The van der Waals surface area contributed by atoms with Crippen molar-refractivity contribution in [1.82, 2.24) is 0 Å². The average molecular weight is 591 g/mol. The molecule has 8 nitrogen and oxygen atoms in total. The maximum absolute atomic E-state index is 12.0. The van der Waals surface area contributed by atoms with Gasteiger partial charge in [-0.1, -0.05) is 58.2 Å². The van der Waals surface area contributed by atoms with Crippen LogP contribution >= 0.6 is 15.6 Å². The third kappa shape index (κ3) is 23.3. The zero-order valence-corrected chi connectivity index (χ0v) is 27.2. The SMILES string of the molecule is CC(C)=CCC/C(C)=C/CC/C(C)=C/CC(COP(=O)(O)OP(=O)(O)O)[NH+](C)CC/C=C(\C)CCC=C(C)C. The van der Waals surface area contributed by atoms with Crippen molar-refractivity contribution in [2.75, 3.05) is 20.2 Å². The van der Waals surface area contributed by atoms with E-state index in [0.29, 0.717) is 6.42 Å². The molecule has 0 aromatic carbocycles. The fourth-order valence-electron chi connectivity index (χ4n) is 3.88. The fraction of sp³-hybridized carbons (Fsp3) is 0.655. The molecular weight excluding hydrogens is 536 g/mol. The number of nitrogens with one attached hydrogen (secondary N) is 1. The van der Waals surface area contributed by atoms with Gasteiger partial charge in [0.2, 0.25) is 0 Å². The predicted molar refractivity (Wildman–Crippen MR) is 162 cm³/mol. The molecule has 4 N–H and O–H groups in total. The van der Waals surface area contributed by atoms with Crippen LogP contribution in [-0.2, 0) is 18.0 Å². The van der Waals surface area contributed by atoms with Crippen LogP contribution < -0.4 is 4.90 Å². The quantitative estimate of drug-likeness (QED) is 0.0892. The maximum atomic E-state index is 12.0. The summed E-state index contributed by atoms with van der Waals surface area (Å²) in [4.78, 5) is 28.7. The lowest BCUT2D eigenvalue weighted by atomic mass is 10.0. The van der Waals surface area contributed by atoms with Crippen LogP contribution in [0.4, 0.5) is 0 Å². The second kappa shape index (κ2) is 19.9. The van der Waals surface area contributed by atoms with E-state index in [-0.39, 0.29) is 12.6 Å². The van der Waals surface area contributed by atoms with E-state index in [2.05, 4.69) is 83.2 Å². The molecule has 3 atom stereocenters. The maximum Gasteiger partial charge on any atom is 0.481 e. The number of allylic oxidation sites excluding steroid dienone is 8. The first-order chi connectivity index (χ1) is 18.0. The first kappa shape index (κ1) is 37.9. The van der Waals surface area contributed by atoms with E-state index >= 15 is 0 Å². The Morgan fingerprint density at radius 3 is 1.62 bits per heavy atom. The third-order valence-corrected chi connectivity index (χ3v) is 8.49. The molecule has 39 heavy (non-hydrogen) atoms. The minimum atomic E-state index is -5.16. The zero-order chi connectivity index (χ0) is 30.1. The van der Waals surface area contributed by atoms with Gasteiger partial charge in [-0.25, -0.2) is 9.13 Å². The standard InChI is InChI=1S/C29H53NO7P2/c1-24(2)13-9-15-26(5)17-11-18-28(7)20-21-29(23-36-39(34,35)37-38(31,32)33)30(8)22-12-19-27(6)16-10-14-25(3)4/h13-14,17,19-20,29H,9-12,15-16,18,21-23H2,1-8H3,(H,34,35)(H2,31,32,33)/p+1/b26-17+,27-19+,28-20+. The van der Waals surface area contributed by atoms with E-state index in [1.54, 1.807) is 0 Å². The van der Waals surface area contributed by atoms with Crippen molar-refractivity contribution in [2.45, 2.75) is 106 Å². The molecule has 0 spiro atoms. The van der Waals surface area contributed by atoms with Gasteiger partial charge in [-0.2, -0.15) is 4.31 Å². The van der Waals surface area contributed by atoms with Gasteiger partial charge in [-0.05, 0) is 87.0 Å². The van der Waals surface area contributed by atoms with E-state index in [4.69, 9.17) is 14.3 Å². The number of phosphoric acid groups is 2. The van der Waals surface area contributed by atoms with E-state index in [1.807, 2.05) is 7.05 Å². The van der Waals surface area contributed by atoms with Gasteiger partial charge in [0, 0.05) is 12.8 Å². The number of phosphoric ester groups is 1. The molecule has 0 aliphatic carbocycles. The minimum absolute atomic E-state index is 0.171. The Labute approximate surface area is 237 Å². The van der Waals surface area contributed by atoms with Gasteiger partial charge in [-0.15, -0.1) is 0 Å². The summed E-state index contributed by atoms with van der Waals surface area (Å²) in [7, 11) is -8.05. The molecule has 226 valence electrons. The summed E-state index contributed by atoms with van der Waals surface area (Å²) in [6.07, 6.45) is 18.6. The highest BCUT2D eigenvalue weighted by atomic mass is 31.3. The van der Waals surface area contributed by atoms with Gasteiger partial charge in [0.15, 0.2) is 0 Å². The van der Waals surface area contributed by atoms with Gasteiger partial charge in [0.05, 0.1) is 13.6 Å². The molecule has 10 heteroatoms. The third-order valence-electron chi connectivity index (χ3n) is 6.34. The molecule has 0 radical (unpaired) electrons. The van der Waals surface area contributed by atoms with Gasteiger partial charge >= 0.3 is 15.6 Å². The van der Waals surface area contributed by atoms with Gasteiger partial charge < -0.3 is 19.6 Å². The van der Waals surface area contributed by atoms with Crippen molar-refractivity contribution in [3.8, 4) is 0 Å². The van der Waals surface area contributed by atoms with Crippen molar-refractivity contribution in [2.24, 2.45) is 0 Å². The second-order valence-electron chi connectivity index (χ2n) is 11.0. The summed E-state index contributed by atoms with van der Waals surface area (Å²) in [6, 6.07) is -0.193. The molecular formula is C29H54NO7P2+. The van der Waals surface area contributed by atoms with Crippen molar-refractivity contribution in [3.63, 3.8) is 0 Å². The van der Waals surface area contributed by atoms with Crippen LogP contribution in [0.5, 0.6) is 0 Å². The van der Waals surface area contributed by atoms with Crippen molar-refractivity contribution in [3.05, 3.63) is 58.2 Å². The first-order valence-corrected chi connectivity index (χ1v) is 16.8. The molecule has 0 fully saturated rings. The molecule has 0 aliphatic rings. The minimum Gasteiger partial charge on any atom is -0.333 e. The topological polar surface area (TPSA) is 118 Å². The molecule has 0 saturated heterocycles. The first-order valence-electron chi connectivity index (χ1n) is 13.8. The van der Waals surface area contributed by atoms with Crippen LogP contribution in [0, 0.1) is 0 Å². The Balaban J connectivity index is 5.17. The fourth-order valence-corrected chi connectivity index (χ4v) is 5.51. The highest BCUT2D eigenvalue weighted by Crippen LogP contribution is 2.57. The molecule has 0 amide bonds. The summed E-state index contributed by atoms with van der Waals surface area (Å²) >= 11 is 0. The van der Waals surface area contributed by atoms with Crippen LogP contribution in [0.1, 0.15) is 99.8 Å². The monoisotopic (exact) mass is 590 g/mol. The summed E-state index contributed by atoms with van der Waals surface area (Å²) in [5, 5.41) is 0. The lowest BCUT2D eigenvalue weighted by Crippen LogP contribution is -3.13. The molecule has 0 bridgehead atoms. The summed E-state index contributed by atoms with van der Waals surface area (Å²) in [5.41, 5.74) is 6.57. The van der Waals surface area contributed by atoms with Crippen LogP contribution in [0.3, 0.4) is 0 Å². The Bertz CT molecular complexity index is 968. The molecule has 0 aliphatic heterocycles. The van der Waals surface area contributed by atoms with Crippen molar-refractivity contribution in [1.29, 1.82) is 0 Å². The Hall–Kier alpha value is -1.08. The number of quaternary nitrogens is 1. The second-order valence-corrected chi connectivity index (χ2v) is 13.8. The summed E-state index contributed by atoms with van der Waals surface area (Å²) in [5.74, 6) is 0. The number of likely N-dealkylation sites (N-methyl/N-ethyl adjacent to an activating group) is 1. The molecule has 0 rings (SSSR count). The van der Waals surface area contributed by atoms with Crippen molar-refractivity contribution < 1.29 is 37.5 Å². The predicted octanol–water partition coefficient (Wildman–Crippen LogP) is 6.99. The average Bonchev–Trinajstić information content (AvgIpc) is 2.76. The number of rotatable bonds is 20. The molecule has 0 heterocycles. The van der Waals surface area contributed by atoms with Crippen molar-refractivity contribution >= 4 is 15.6 Å². The molecule has 3 unspecified atom stereocenters. The van der Waals surface area contributed by atoms with Gasteiger partial charge in [-0.3, -0.25) is 4.52 Å². The zero-order valence-electron chi connectivity index (χ0n) is 25.4. The highest BCUT2D eigenvalue weighted by Gasteiger charge is 2.34. The smallest absolute Gasteiger partial charge is 0.333 e. The van der Waals surface area contributed by atoms with E-state index in [0.717, 1.165) is 56.4 Å². The van der Waals surface area contributed by atoms with Crippen LogP contribution in [-0.4, -0.2) is 40.9 Å². The molecule has 0 aromatic heterocycles. The summed E-state index contributed by atoms with van der Waals surface area (Å²) in [6.45, 7) is 15.4. The largest absolute Gasteiger partial charge is 0.481 e. The number of hydrogen-bond acceptors (Lipinski definition) is 4. The Morgan fingerprint density at radius 2 is 1.15 bits per heavy atom. The Morgan fingerprint density at radius 1 is 0.718 bits per heavy atom. The van der Waals surface area contributed by atoms with E-state index < -0.39 is 15.6 Å². The molecule has 0 aromatic rings. The molecule has 0 saturated carbocycles. The normalized spacial score (nSPS) is 16.4. The lowest BCUT2D eigenvalue weighted by molar-refractivity contribution is -0.905. The number of hydrogen-bond donors (Lipinski definition) is 4. The summed E-state index contributed by atoms with van der Waals surface area (Å²) < 4.78 is 32.0. The van der Waals surface area contributed by atoms with E-state index in [1.165, 1.54) is 27.9 Å². The van der Waals surface area contributed by atoms with Crippen LogP contribution in [0.15, 0.2) is 58.2 Å².